The van der Waals surface area contributed by atoms with E-state index in [2.05, 4.69) is 57.2 Å². The summed E-state index contributed by atoms with van der Waals surface area (Å²) in [5.74, 6) is -9.27. The van der Waals surface area contributed by atoms with Crippen LogP contribution in [0, 0.1) is 5.41 Å². The summed E-state index contributed by atoms with van der Waals surface area (Å²) in [6.07, 6.45) is -0.844. The molecule has 0 saturated heterocycles. The van der Waals surface area contributed by atoms with E-state index in [1.807, 2.05) is 0 Å². The summed E-state index contributed by atoms with van der Waals surface area (Å²) in [7, 11) is 0. The van der Waals surface area contributed by atoms with Crippen molar-refractivity contribution >= 4 is 78.6 Å². The molecule has 21 nitrogen and oxygen atoms in total. The summed E-state index contributed by atoms with van der Waals surface area (Å²) >= 11 is 7.82. The maximum Gasteiger partial charge on any atom is 0.327 e. The van der Waals surface area contributed by atoms with Gasteiger partial charge in [0.05, 0.1) is 12.5 Å². The molecule has 0 aromatic carbocycles. The van der Waals surface area contributed by atoms with Gasteiger partial charge in [0.1, 0.15) is 30.2 Å². The Morgan fingerprint density at radius 2 is 1.10 bits per heavy atom. The number of hydrogen-bond donors (Lipinski definition) is 15. The fourth-order valence-electron chi connectivity index (χ4n) is 4.14. The van der Waals surface area contributed by atoms with Crippen LogP contribution in [0.1, 0.15) is 51.4 Å². The topological polar surface area (TPSA) is 377 Å². The Kier molecular flexibility index (Phi) is 22.6. The third kappa shape index (κ3) is 19.0. The molecule has 23 heteroatoms. The van der Waals surface area contributed by atoms with Crippen molar-refractivity contribution in [2.75, 3.05) is 24.6 Å². The molecule has 0 aromatic heterocycles. The number of thiol groups is 2. The molecular formula is C27H49N11O10S2. The van der Waals surface area contributed by atoms with Gasteiger partial charge in [0, 0.05) is 24.5 Å². The van der Waals surface area contributed by atoms with E-state index in [1.54, 1.807) is 0 Å². The first-order chi connectivity index (χ1) is 23.5. The van der Waals surface area contributed by atoms with Crippen LogP contribution >= 0.6 is 25.3 Å². The maximum absolute atomic E-state index is 13.6. The summed E-state index contributed by atoms with van der Waals surface area (Å²) in [5.41, 5.74) is 21.8. The van der Waals surface area contributed by atoms with Crippen molar-refractivity contribution in [3.8, 4) is 0 Å². The number of hydrogen-bond acceptors (Lipinski definition) is 13. The summed E-state index contributed by atoms with van der Waals surface area (Å²) in [4.78, 5) is 100.0. The van der Waals surface area contributed by atoms with Crippen molar-refractivity contribution in [2.24, 2.45) is 22.9 Å². The Labute approximate surface area is 299 Å². The number of carbonyl (C=O) groups excluding carboxylic acids is 6. The summed E-state index contributed by atoms with van der Waals surface area (Å²) in [6.45, 7) is 0.405. The molecule has 0 aromatic rings. The average molecular weight is 752 g/mol. The van der Waals surface area contributed by atoms with Gasteiger partial charge in [-0.3, -0.25) is 39.0 Å². The highest BCUT2D eigenvalue weighted by molar-refractivity contribution is 7.80. The van der Waals surface area contributed by atoms with Crippen molar-refractivity contribution in [3.05, 3.63) is 0 Å². The monoisotopic (exact) mass is 751 g/mol. The number of guanidine groups is 1. The van der Waals surface area contributed by atoms with Gasteiger partial charge in [-0.1, -0.05) is 0 Å². The molecule has 0 rings (SSSR count). The fourth-order valence-corrected chi connectivity index (χ4v) is 4.56. The van der Waals surface area contributed by atoms with Crippen molar-refractivity contribution in [3.63, 3.8) is 0 Å². The highest BCUT2D eigenvalue weighted by atomic mass is 32.1. The average Bonchev–Trinajstić information content (AvgIpc) is 3.04. The Bertz CT molecular complexity index is 1210. The lowest BCUT2D eigenvalue weighted by Crippen LogP contribution is -2.59. The van der Waals surface area contributed by atoms with Crippen LogP contribution < -0.4 is 54.8 Å². The second-order valence-corrected chi connectivity index (χ2v) is 11.7. The number of primary amides is 1. The molecule has 0 saturated carbocycles. The second-order valence-electron chi connectivity index (χ2n) is 11.0. The highest BCUT2D eigenvalue weighted by Crippen LogP contribution is 2.07. The molecule has 0 aliphatic rings. The Hall–Kier alpha value is -4.35. The van der Waals surface area contributed by atoms with E-state index in [4.69, 9.17) is 28.3 Å². The van der Waals surface area contributed by atoms with Gasteiger partial charge < -0.3 is 65.0 Å². The minimum atomic E-state index is -1.72. The predicted octanol–water partition coefficient (Wildman–Crippen LogP) is -5.19. The molecule has 0 aliphatic carbocycles. The third-order valence-electron chi connectivity index (χ3n) is 6.85. The quantitative estimate of drug-likeness (QED) is 0.0170. The van der Waals surface area contributed by atoms with Crippen molar-refractivity contribution in [1.82, 2.24) is 31.9 Å². The van der Waals surface area contributed by atoms with Crippen molar-refractivity contribution in [1.29, 1.82) is 5.41 Å². The van der Waals surface area contributed by atoms with Gasteiger partial charge in [0.25, 0.3) is 0 Å². The Balaban J connectivity index is 6.30. The van der Waals surface area contributed by atoms with Gasteiger partial charge in [-0.2, -0.15) is 25.3 Å². The van der Waals surface area contributed by atoms with E-state index < -0.39 is 103 Å². The molecule has 0 unspecified atom stereocenters. The lowest BCUT2D eigenvalue weighted by atomic mass is 10.0. The molecule has 0 aliphatic heterocycles. The minimum Gasteiger partial charge on any atom is -0.481 e. The van der Waals surface area contributed by atoms with Crippen LogP contribution in [-0.2, 0) is 38.4 Å². The van der Waals surface area contributed by atoms with Gasteiger partial charge in [-0.15, -0.1) is 0 Å². The van der Waals surface area contributed by atoms with Gasteiger partial charge in [-0.05, 0) is 45.1 Å². The number of nitrogens with two attached hydrogens (primary N) is 4. The summed E-state index contributed by atoms with van der Waals surface area (Å²) < 4.78 is 0. The minimum absolute atomic E-state index is 0.0196. The number of nitrogens with one attached hydrogen (secondary N) is 7. The van der Waals surface area contributed by atoms with Gasteiger partial charge in [0.2, 0.25) is 35.4 Å². The van der Waals surface area contributed by atoms with Crippen LogP contribution in [0.4, 0.5) is 0 Å². The van der Waals surface area contributed by atoms with E-state index in [0.717, 1.165) is 0 Å². The van der Waals surface area contributed by atoms with E-state index in [0.29, 0.717) is 19.4 Å². The number of carboxylic acids is 2. The van der Waals surface area contributed by atoms with Gasteiger partial charge >= 0.3 is 11.9 Å². The lowest BCUT2D eigenvalue weighted by molar-refractivity contribution is -0.141. The number of unbranched alkanes of at least 4 members (excludes halogenated alkanes) is 1. The van der Waals surface area contributed by atoms with Crippen LogP contribution in [0.2, 0.25) is 0 Å². The first-order valence-corrected chi connectivity index (χ1v) is 16.7. The van der Waals surface area contributed by atoms with Crippen molar-refractivity contribution in [2.45, 2.75) is 87.6 Å². The molecule has 6 atom stereocenters. The van der Waals surface area contributed by atoms with Crippen molar-refractivity contribution < 1.29 is 48.6 Å². The SMILES string of the molecule is N=C(N)NCCC[C@H](NC(=O)[C@H](CCCCN)NC(=O)[C@@H](N)CS)C(=O)N[C@@H](CCC(=O)O)C(=O)N[C@@H](CC(N)=O)C(=O)N[C@@H](CS)C(=O)O. The van der Waals surface area contributed by atoms with Crippen LogP contribution in [-0.4, -0.2) is 124 Å². The maximum atomic E-state index is 13.6. The lowest BCUT2D eigenvalue weighted by Gasteiger charge is -2.27. The van der Waals surface area contributed by atoms with E-state index in [-0.39, 0.29) is 43.3 Å². The second kappa shape index (κ2) is 24.7. The standard InChI is InChI=1S/C27H49N11O10S2/c28-8-2-1-4-14(34-21(42)13(29)11-49)22(43)35-15(5-3-9-33-27(31)32)23(44)36-16(6-7-20(40)41)24(45)37-17(10-19(30)39)25(46)38-18(12-50)26(47)48/h13-18,49-50H,1-12,28-29H2,(H2,30,39)(H,34,42)(H,35,43)(H,36,44)(H,37,45)(H,38,46)(H,40,41)(H,47,48)(H4,31,32,33)/t13-,14-,15-,16-,17-,18-/m0/s1. The number of rotatable bonds is 26. The molecule has 0 heterocycles. The molecule has 284 valence electrons. The Morgan fingerprint density at radius 3 is 1.54 bits per heavy atom. The largest absolute Gasteiger partial charge is 0.481 e. The highest BCUT2D eigenvalue weighted by Gasteiger charge is 2.33. The molecule has 0 spiro atoms. The zero-order valence-corrected chi connectivity index (χ0v) is 29.1. The smallest absolute Gasteiger partial charge is 0.327 e. The van der Waals surface area contributed by atoms with Crippen LogP contribution in [0.25, 0.3) is 0 Å². The molecule has 6 amide bonds. The number of carbonyl (C=O) groups is 8. The normalized spacial score (nSPS) is 14.3. The first-order valence-electron chi connectivity index (χ1n) is 15.5. The molecule has 0 bridgehead atoms. The summed E-state index contributed by atoms with van der Waals surface area (Å²) in [5, 5.41) is 40.0. The zero-order chi connectivity index (χ0) is 38.4. The van der Waals surface area contributed by atoms with E-state index in [1.165, 1.54) is 0 Å². The zero-order valence-electron chi connectivity index (χ0n) is 27.3. The third-order valence-corrected chi connectivity index (χ3v) is 7.61. The molecule has 17 N–H and O–H groups in total. The number of amides is 6. The van der Waals surface area contributed by atoms with E-state index in [9.17, 15) is 48.6 Å². The molecule has 0 radical (unpaired) electrons. The number of carboxylic acid groups (broad SMARTS) is 2. The molecule has 50 heavy (non-hydrogen) atoms. The summed E-state index contributed by atoms with van der Waals surface area (Å²) in [6, 6.07) is -8.45. The van der Waals surface area contributed by atoms with Crippen LogP contribution in [0.3, 0.4) is 0 Å². The van der Waals surface area contributed by atoms with E-state index >= 15 is 0 Å². The van der Waals surface area contributed by atoms with Crippen LogP contribution in [0.15, 0.2) is 0 Å². The van der Waals surface area contributed by atoms with Gasteiger partial charge in [-0.25, -0.2) is 4.79 Å². The van der Waals surface area contributed by atoms with Crippen LogP contribution in [0.5, 0.6) is 0 Å². The fraction of sp³-hybridized carbons (Fsp3) is 0.667. The Morgan fingerprint density at radius 1 is 0.640 bits per heavy atom. The first kappa shape index (κ1) is 45.6. The van der Waals surface area contributed by atoms with Gasteiger partial charge in [0.15, 0.2) is 5.96 Å². The predicted molar refractivity (Wildman–Crippen MR) is 186 cm³/mol. The number of aliphatic carboxylic acids is 2. The molecule has 0 fully saturated rings. The molecular weight excluding hydrogens is 702 g/mol.